The lowest BCUT2D eigenvalue weighted by molar-refractivity contribution is 0.163. The van der Waals surface area contributed by atoms with Crippen LogP contribution in [0.2, 0.25) is 0 Å². The van der Waals surface area contributed by atoms with E-state index < -0.39 is 11.6 Å². The Bertz CT molecular complexity index is 648. The lowest BCUT2D eigenvalue weighted by atomic mass is 10.0. The maximum atomic E-state index is 13.8. The molecule has 2 nitrogen and oxygen atoms in total. The molecule has 0 amide bonds. The second-order valence-corrected chi connectivity index (χ2v) is 6.17. The van der Waals surface area contributed by atoms with Crippen molar-refractivity contribution in [3.63, 3.8) is 0 Å². The number of hydrogen-bond donors (Lipinski definition) is 1. The van der Waals surface area contributed by atoms with Crippen LogP contribution in [-0.2, 0) is 6.42 Å². The summed E-state index contributed by atoms with van der Waals surface area (Å²) < 4.78 is 27.3. The van der Waals surface area contributed by atoms with E-state index in [2.05, 4.69) is 16.8 Å². The van der Waals surface area contributed by atoms with Crippen LogP contribution in [0.25, 0.3) is 10.9 Å². The van der Waals surface area contributed by atoms with Crippen LogP contribution in [-0.4, -0.2) is 29.0 Å². The molecule has 1 unspecified atom stereocenters. The van der Waals surface area contributed by atoms with Gasteiger partial charge in [0.05, 0.1) is 5.52 Å². The summed E-state index contributed by atoms with van der Waals surface area (Å²) in [5.74, 6) is -1.02. The Morgan fingerprint density at radius 1 is 1.29 bits per heavy atom. The van der Waals surface area contributed by atoms with E-state index in [0.29, 0.717) is 16.9 Å². The molecule has 21 heavy (non-hydrogen) atoms. The second kappa shape index (κ2) is 5.76. The van der Waals surface area contributed by atoms with E-state index in [4.69, 9.17) is 0 Å². The third kappa shape index (κ3) is 2.82. The number of aromatic amines is 1. The third-order valence-corrected chi connectivity index (χ3v) is 4.73. The molecule has 0 saturated carbocycles. The Hall–Kier alpha value is -1.42. The first-order chi connectivity index (χ1) is 10.1. The van der Waals surface area contributed by atoms with Crippen molar-refractivity contribution in [2.24, 2.45) is 0 Å². The fourth-order valence-electron chi connectivity index (χ4n) is 3.47. The number of likely N-dealkylation sites (tertiary alicyclic amines) is 1. The van der Waals surface area contributed by atoms with Gasteiger partial charge in [-0.15, -0.1) is 0 Å². The maximum absolute atomic E-state index is 13.8. The highest BCUT2D eigenvalue weighted by Gasteiger charge is 2.19. The number of nitrogens with zero attached hydrogens (tertiary/aromatic N) is 1. The highest BCUT2D eigenvalue weighted by molar-refractivity contribution is 5.85. The Kier molecular flexibility index (Phi) is 3.98. The zero-order valence-electron chi connectivity index (χ0n) is 12.7. The number of aromatic nitrogens is 1. The molecule has 1 aliphatic heterocycles. The number of benzene rings is 1. The van der Waals surface area contributed by atoms with Gasteiger partial charge in [-0.1, -0.05) is 6.42 Å². The van der Waals surface area contributed by atoms with Crippen molar-refractivity contribution in [1.29, 1.82) is 0 Å². The van der Waals surface area contributed by atoms with Crippen molar-refractivity contribution >= 4 is 10.9 Å². The SMILES string of the molecule is Cc1[nH]c2c(F)cc(F)cc2c1CCN1CCCCC1C. The van der Waals surface area contributed by atoms with Crippen molar-refractivity contribution < 1.29 is 8.78 Å². The number of aryl methyl sites for hydroxylation is 1. The van der Waals surface area contributed by atoms with Gasteiger partial charge in [0.15, 0.2) is 0 Å². The largest absolute Gasteiger partial charge is 0.356 e. The molecule has 3 rings (SSSR count). The first-order valence-electron chi connectivity index (χ1n) is 7.76. The van der Waals surface area contributed by atoms with Crippen LogP contribution in [0.4, 0.5) is 8.78 Å². The summed E-state index contributed by atoms with van der Waals surface area (Å²) in [5, 5.41) is 0.690. The fraction of sp³-hybridized carbons (Fsp3) is 0.529. The van der Waals surface area contributed by atoms with Gasteiger partial charge >= 0.3 is 0 Å². The predicted octanol–water partition coefficient (Wildman–Crippen LogP) is 4.17. The molecule has 1 atom stereocenters. The van der Waals surface area contributed by atoms with E-state index in [9.17, 15) is 8.78 Å². The molecular weight excluding hydrogens is 270 g/mol. The van der Waals surface area contributed by atoms with Crippen LogP contribution in [0.3, 0.4) is 0 Å². The summed E-state index contributed by atoms with van der Waals surface area (Å²) >= 11 is 0. The van der Waals surface area contributed by atoms with E-state index in [0.717, 1.165) is 36.8 Å². The van der Waals surface area contributed by atoms with E-state index in [1.165, 1.54) is 25.3 Å². The van der Waals surface area contributed by atoms with Crippen molar-refractivity contribution in [2.45, 2.75) is 45.6 Å². The second-order valence-electron chi connectivity index (χ2n) is 6.17. The Labute approximate surface area is 124 Å². The number of nitrogens with one attached hydrogen (secondary N) is 1. The third-order valence-electron chi connectivity index (χ3n) is 4.73. The average Bonchev–Trinajstić information content (AvgIpc) is 2.75. The summed E-state index contributed by atoms with van der Waals surface area (Å²) in [6.45, 7) is 6.28. The lowest BCUT2D eigenvalue weighted by Crippen LogP contribution is -2.38. The molecule has 0 aliphatic carbocycles. The highest BCUT2D eigenvalue weighted by atomic mass is 19.1. The van der Waals surface area contributed by atoms with Crippen molar-refractivity contribution in [3.8, 4) is 0 Å². The number of H-pyrrole nitrogens is 1. The van der Waals surface area contributed by atoms with Gasteiger partial charge in [-0.25, -0.2) is 8.78 Å². The minimum absolute atomic E-state index is 0.426. The van der Waals surface area contributed by atoms with Crippen LogP contribution in [0, 0.1) is 18.6 Å². The van der Waals surface area contributed by atoms with Gasteiger partial charge in [0.2, 0.25) is 0 Å². The van der Waals surface area contributed by atoms with Gasteiger partial charge < -0.3 is 9.88 Å². The lowest BCUT2D eigenvalue weighted by Gasteiger charge is -2.33. The summed E-state index contributed by atoms with van der Waals surface area (Å²) in [6, 6.07) is 2.99. The molecule has 1 saturated heterocycles. The van der Waals surface area contributed by atoms with Crippen LogP contribution in [0.5, 0.6) is 0 Å². The molecule has 1 aromatic heterocycles. The molecule has 0 spiro atoms. The minimum Gasteiger partial charge on any atom is -0.356 e. The monoisotopic (exact) mass is 292 g/mol. The maximum Gasteiger partial charge on any atom is 0.150 e. The van der Waals surface area contributed by atoms with Gasteiger partial charge in [-0.05, 0) is 51.3 Å². The van der Waals surface area contributed by atoms with E-state index in [-0.39, 0.29) is 0 Å². The number of fused-ring (bicyclic) bond motifs is 1. The first kappa shape index (κ1) is 14.5. The number of hydrogen-bond acceptors (Lipinski definition) is 1. The Morgan fingerprint density at radius 2 is 2.10 bits per heavy atom. The van der Waals surface area contributed by atoms with Gasteiger partial charge in [0.25, 0.3) is 0 Å². The summed E-state index contributed by atoms with van der Waals surface area (Å²) in [6.07, 6.45) is 4.63. The molecule has 1 N–H and O–H groups in total. The Balaban J connectivity index is 1.85. The van der Waals surface area contributed by atoms with Crippen LogP contribution in [0.15, 0.2) is 12.1 Å². The normalized spacial score (nSPS) is 20.3. The minimum atomic E-state index is -0.509. The average molecular weight is 292 g/mol. The van der Waals surface area contributed by atoms with Gasteiger partial charge in [0, 0.05) is 29.7 Å². The number of halogens is 2. The van der Waals surface area contributed by atoms with Crippen molar-refractivity contribution in [2.75, 3.05) is 13.1 Å². The zero-order valence-corrected chi connectivity index (χ0v) is 12.7. The van der Waals surface area contributed by atoms with Crippen LogP contribution < -0.4 is 0 Å². The molecule has 0 radical (unpaired) electrons. The molecule has 1 fully saturated rings. The first-order valence-corrected chi connectivity index (χ1v) is 7.76. The molecule has 2 heterocycles. The molecular formula is C17H22F2N2. The molecule has 2 aromatic rings. The zero-order chi connectivity index (χ0) is 15.0. The molecule has 114 valence electrons. The highest BCUT2D eigenvalue weighted by Crippen LogP contribution is 2.27. The van der Waals surface area contributed by atoms with Crippen LogP contribution in [0.1, 0.15) is 37.4 Å². The molecule has 1 aromatic carbocycles. The predicted molar refractivity (Wildman–Crippen MR) is 81.5 cm³/mol. The van der Waals surface area contributed by atoms with Gasteiger partial charge in [-0.2, -0.15) is 0 Å². The topological polar surface area (TPSA) is 19.0 Å². The van der Waals surface area contributed by atoms with E-state index in [1.54, 1.807) is 0 Å². The van der Waals surface area contributed by atoms with Crippen LogP contribution >= 0.6 is 0 Å². The number of piperidine rings is 1. The summed E-state index contributed by atoms with van der Waals surface area (Å²) in [4.78, 5) is 5.54. The summed E-state index contributed by atoms with van der Waals surface area (Å²) in [5.41, 5.74) is 2.41. The summed E-state index contributed by atoms with van der Waals surface area (Å²) in [7, 11) is 0. The van der Waals surface area contributed by atoms with Crippen molar-refractivity contribution in [1.82, 2.24) is 9.88 Å². The van der Waals surface area contributed by atoms with Gasteiger partial charge in [0.1, 0.15) is 11.6 Å². The molecule has 1 aliphatic rings. The quantitative estimate of drug-likeness (QED) is 0.899. The smallest absolute Gasteiger partial charge is 0.150 e. The van der Waals surface area contributed by atoms with E-state index >= 15 is 0 Å². The molecule has 0 bridgehead atoms. The van der Waals surface area contributed by atoms with Crippen molar-refractivity contribution in [3.05, 3.63) is 35.0 Å². The number of rotatable bonds is 3. The molecule has 4 heteroatoms. The van der Waals surface area contributed by atoms with E-state index in [1.807, 2.05) is 6.92 Å². The standard InChI is InChI=1S/C17H22F2N2/c1-11-5-3-4-7-21(11)8-6-14-12(2)20-17-15(14)9-13(18)10-16(17)19/h9-11,20H,3-8H2,1-2H3. The van der Waals surface area contributed by atoms with Gasteiger partial charge in [-0.3, -0.25) is 0 Å². The fourth-order valence-corrected chi connectivity index (χ4v) is 3.47. The Morgan fingerprint density at radius 3 is 2.86 bits per heavy atom.